The molecule has 120 valence electrons. The second kappa shape index (κ2) is 8.51. The average molecular weight is 297 g/mol. The molecule has 0 amide bonds. The van der Waals surface area contributed by atoms with E-state index in [1.807, 2.05) is 0 Å². The average Bonchev–Trinajstić information content (AvgIpc) is 2.84. The molecular formula is C16H27NO4. The van der Waals surface area contributed by atoms with Gasteiger partial charge in [-0.1, -0.05) is 12.2 Å². The molecule has 0 aromatic rings. The molecule has 1 aliphatic heterocycles. The second-order valence-electron chi connectivity index (χ2n) is 6.02. The highest BCUT2D eigenvalue weighted by atomic mass is 16.5. The molecule has 0 aromatic carbocycles. The summed E-state index contributed by atoms with van der Waals surface area (Å²) in [5.41, 5.74) is 0. The van der Waals surface area contributed by atoms with E-state index in [2.05, 4.69) is 17.1 Å². The third-order valence-electron chi connectivity index (χ3n) is 4.60. The monoisotopic (exact) mass is 297 g/mol. The first-order valence-electron chi connectivity index (χ1n) is 8.05. The molecule has 2 aliphatic rings. The molecule has 0 bridgehead atoms. The Hall–Kier alpha value is -0.910. The number of carboxylic acid groups (broad SMARTS) is 1. The normalized spacial score (nSPS) is 31.0. The summed E-state index contributed by atoms with van der Waals surface area (Å²) < 4.78 is 5.40. The third-order valence-corrected chi connectivity index (χ3v) is 4.60. The number of rotatable bonds is 7. The van der Waals surface area contributed by atoms with Crippen LogP contribution in [0.5, 0.6) is 0 Å². The fourth-order valence-electron chi connectivity index (χ4n) is 3.45. The number of allylic oxidation sites excluding steroid dienone is 2. The van der Waals surface area contributed by atoms with Crippen LogP contribution in [0, 0.1) is 5.92 Å². The first kappa shape index (κ1) is 16.5. The van der Waals surface area contributed by atoms with Crippen molar-refractivity contribution in [3.63, 3.8) is 0 Å². The van der Waals surface area contributed by atoms with Crippen LogP contribution in [0.15, 0.2) is 12.2 Å². The number of aliphatic carboxylic acids is 1. The van der Waals surface area contributed by atoms with E-state index in [0.29, 0.717) is 18.4 Å². The number of hydrogen-bond acceptors (Lipinski definition) is 4. The topological polar surface area (TPSA) is 70.0 Å². The highest BCUT2D eigenvalue weighted by Crippen LogP contribution is 2.33. The standard InChI is InChI=1S/C16H27NO4/c18-15-8-7-14(17-9-11-21-12-10-17)13(15)5-3-1-2-4-6-16(19)20/h1,3,13-15,18H,2,4-12H2,(H,19,20)/b3-1-/t13-,14+,15+/m1/s1. The second-order valence-corrected chi connectivity index (χ2v) is 6.02. The lowest BCUT2D eigenvalue weighted by atomic mass is 9.95. The van der Waals surface area contributed by atoms with Gasteiger partial charge in [-0.15, -0.1) is 0 Å². The van der Waals surface area contributed by atoms with Crippen LogP contribution in [0.2, 0.25) is 0 Å². The Labute approximate surface area is 126 Å². The van der Waals surface area contributed by atoms with Gasteiger partial charge in [-0.3, -0.25) is 9.69 Å². The van der Waals surface area contributed by atoms with Crippen molar-refractivity contribution in [2.75, 3.05) is 26.3 Å². The van der Waals surface area contributed by atoms with Crippen LogP contribution >= 0.6 is 0 Å². The van der Waals surface area contributed by atoms with E-state index in [9.17, 15) is 9.90 Å². The molecule has 0 radical (unpaired) electrons. The molecule has 2 N–H and O–H groups in total. The number of aliphatic hydroxyl groups excluding tert-OH is 1. The summed E-state index contributed by atoms with van der Waals surface area (Å²) in [6.07, 6.45) is 8.53. The van der Waals surface area contributed by atoms with Gasteiger partial charge < -0.3 is 14.9 Å². The SMILES string of the molecule is O=C(O)CCC/C=C\C[C@H]1[C@@H](O)CC[C@@H]1N1CCOCC1. The molecule has 3 atom stereocenters. The molecule has 5 nitrogen and oxygen atoms in total. The minimum Gasteiger partial charge on any atom is -0.481 e. The summed E-state index contributed by atoms with van der Waals surface area (Å²) in [6.45, 7) is 3.53. The van der Waals surface area contributed by atoms with E-state index < -0.39 is 5.97 Å². The van der Waals surface area contributed by atoms with Gasteiger partial charge in [-0.2, -0.15) is 0 Å². The molecule has 1 heterocycles. The Morgan fingerprint density at radius 2 is 2.00 bits per heavy atom. The molecule has 2 fully saturated rings. The highest BCUT2D eigenvalue weighted by molar-refractivity contribution is 5.66. The number of unbranched alkanes of at least 4 members (excludes halogenated alkanes) is 1. The summed E-state index contributed by atoms with van der Waals surface area (Å²) in [5.74, 6) is -0.430. The molecule has 5 heteroatoms. The maximum Gasteiger partial charge on any atom is 0.303 e. The van der Waals surface area contributed by atoms with Crippen LogP contribution < -0.4 is 0 Å². The largest absolute Gasteiger partial charge is 0.481 e. The summed E-state index contributed by atoms with van der Waals surface area (Å²) in [4.78, 5) is 12.9. The Kier molecular flexibility index (Phi) is 6.67. The van der Waals surface area contributed by atoms with E-state index in [1.54, 1.807) is 0 Å². The molecular weight excluding hydrogens is 270 g/mol. The van der Waals surface area contributed by atoms with Gasteiger partial charge in [0.25, 0.3) is 0 Å². The van der Waals surface area contributed by atoms with Gasteiger partial charge in [0.05, 0.1) is 19.3 Å². The smallest absolute Gasteiger partial charge is 0.303 e. The van der Waals surface area contributed by atoms with Crippen molar-refractivity contribution in [2.45, 2.75) is 50.7 Å². The van der Waals surface area contributed by atoms with E-state index in [-0.39, 0.29) is 12.5 Å². The van der Waals surface area contributed by atoms with E-state index in [0.717, 1.165) is 52.0 Å². The minimum absolute atomic E-state index is 0.207. The highest BCUT2D eigenvalue weighted by Gasteiger charge is 2.37. The molecule has 21 heavy (non-hydrogen) atoms. The van der Waals surface area contributed by atoms with Gasteiger partial charge >= 0.3 is 5.97 Å². The predicted molar refractivity (Wildman–Crippen MR) is 80.2 cm³/mol. The first-order chi connectivity index (χ1) is 10.2. The van der Waals surface area contributed by atoms with E-state index in [1.165, 1.54) is 0 Å². The van der Waals surface area contributed by atoms with Crippen molar-refractivity contribution in [1.82, 2.24) is 4.90 Å². The van der Waals surface area contributed by atoms with Crippen LogP contribution in [0.1, 0.15) is 38.5 Å². The third kappa shape index (κ3) is 5.09. The quantitative estimate of drug-likeness (QED) is 0.552. The van der Waals surface area contributed by atoms with Crippen LogP contribution in [-0.2, 0) is 9.53 Å². The van der Waals surface area contributed by atoms with Crippen molar-refractivity contribution in [3.05, 3.63) is 12.2 Å². The van der Waals surface area contributed by atoms with Gasteiger partial charge in [0, 0.05) is 31.5 Å². The zero-order valence-electron chi connectivity index (χ0n) is 12.6. The van der Waals surface area contributed by atoms with Crippen molar-refractivity contribution in [1.29, 1.82) is 0 Å². The summed E-state index contributed by atoms with van der Waals surface area (Å²) in [5, 5.41) is 18.8. The Morgan fingerprint density at radius 1 is 1.24 bits per heavy atom. The zero-order chi connectivity index (χ0) is 15.1. The van der Waals surface area contributed by atoms with Crippen LogP contribution in [0.25, 0.3) is 0 Å². The van der Waals surface area contributed by atoms with Gasteiger partial charge in [-0.05, 0) is 32.1 Å². The lowest BCUT2D eigenvalue weighted by Crippen LogP contribution is -2.46. The van der Waals surface area contributed by atoms with E-state index in [4.69, 9.17) is 9.84 Å². The number of nitrogens with zero attached hydrogens (tertiary/aromatic N) is 1. The van der Waals surface area contributed by atoms with E-state index >= 15 is 0 Å². The number of aliphatic hydroxyl groups is 1. The Morgan fingerprint density at radius 3 is 2.71 bits per heavy atom. The maximum absolute atomic E-state index is 10.4. The van der Waals surface area contributed by atoms with Crippen molar-refractivity contribution in [2.24, 2.45) is 5.92 Å². The molecule has 1 saturated carbocycles. The lowest BCUT2D eigenvalue weighted by Gasteiger charge is -2.35. The van der Waals surface area contributed by atoms with Crippen molar-refractivity contribution < 1.29 is 19.7 Å². The number of carbonyl (C=O) groups is 1. The summed E-state index contributed by atoms with van der Waals surface area (Å²) in [6, 6.07) is 0.465. The fraction of sp³-hybridized carbons (Fsp3) is 0.812. The van der Waals surface area contributed by atoms with Crippen LogP contribution in [-0.4, -0.2) is 59.5 Å². The van der Waals surface area contributed by atoms with Crippen molar-refractivity contribution >= 4 is 5.97 Å². The van der Waals surface area contributed by atoms with Gasteiger partial charge in [0.1, 0.15) is 0 Å². The number of hydrogen-bond donors (Lipinski definition) is 2. The molecule has 2 rings (SSSR count). The van der Waals surface area contributed by atoms with Gasteiger partial charge in [-0.25, -0.2) is 0 Å². The summed E-state index contributed by atoms with van der Waals surface area (Å²) in [7, 11) is 0. The lowest BCUT2D eigenvalue weighted by molar-refractivity contribution is -0.137. The molecule has 1 aliphatic carbocycles. The molecule has 1 saturated heterocycles. The Balaban J connectivity index is 1.76. The molecule has 0 aromatic heterocycles. The number of morpholine rings is 1. The van der Waals surface area contributed by atoms with Crippen molar-refractivity contribution in [3.8, 4) is 0 Å². The summed E-state index contributed by atoms with van der Waals surface area (Å²) >= 11 is 0. The molecule has 0 spiro atoms. The Bertz CT molecular complexity index is 352. The minimum atomic E-state index is -0.734. The van der Waals surface area contributed by atoms with Gasteiger partial charge in [0.2, 0.25) is 0 Å². The molecule has 0 unspecified atom stereocenters. The van der Waals surface area contributed by atoms with Crippen LogP contribution in [0.3, 0.4) is 0 Å². The van der Waals surface area contributed by atoms with Gasteiger partial charge in [0.15, 0.2) is 0 Å². The maximum atomic E-state index is 10.4. The predicted octanol–water partition coefficient (Wildman–Crippen LogP) is 1.66. The zero-order valence-corrected chi connectivity index (χ0v) is 12.6. The number of ether oxygens (including phenoxy) is 1. The fourth-order valence-corrected chi connectivity index (χ4v) is 3.45. The van der Waals surface area contributed by atoms with Crippen LogP contribution in [0.4, 0.5) is 0 Å². The first-order valence-corrected chi connectivity index (χ1v) is 8.05. The number of carboxylic acids is 1.